The Bertz CT molecular complexity index is 1090. The molecule has 2 atom stereocenters. The van der Waals surface area contributed by atoms with Crippen molar-refractivity contribution in [3.63, 3.8) is 0 Å². The van der Waals surface area contributed by atoms with E-state index in [9.17, 15) is 23.2 Å². The van der Waals surface area contributed by atoms with Gasteiger partial charge in [0.2, 0.25) is 5.91 Å². The van der Waals surface area contributed by atoms with E-state index in [4.69, 9.17) is 0 Å². The van der Waals surface area contributed by atoms with E-state index in [0.717, 1.165) is 30.5 Å². The number of amides is 2. The molecular weight excluding hydrogens is 480 g/mol. The number of hydrogen-bond donors (Lipinski definition) is 2. The molecule has 10 heteroatoms. The lowest BCUT2D eigenvalue weighted by molar-refractivity contribution is -0.131. The summed E-state index contributed by atoms with van der Waals surface area (Å²) in [6.45, 7) is 6.93. The van der Waals surface area contributed by atoms with Crippen LogP contribution in [-0.4, -0.2) is 64.1 Å². The van der Waals surface area contributed by atoms with Crippen LogP contribution in [0.25, 0.3) is 11.3 Å². The molecule has 0 spiro atoms. The van der Waals surface area contributed by atoms with E-state index < -0.39 is 17.6 Å². The standard InChI is InChI=1S/C17H21FN4O.C10H16FNO2/c1-21-9-3-4-15(21)17(23)19-10-12-5-7-13(8-6-12)16-14(18)11-20-22(16)2;1-9(2,3)7(6-13)12-8(14)10(11)4-5-10/h5-8,11,15H,3-4,9-10H2,1-2H3,(H,19,23);6-7H,4-5H2,1-3H3,(H,12,14). The number of halogens is 2. The molecule has 8 nitrogen and oxygen atoms in total. The summed E-state index contributed by atoms with van der Waals surface area (Å²) in [6.07, 6.45) is 4.40. The van der Waals surface area contributed by atoms with Gasteiger partial charge in [0.05, 0.1) is 18.3 Å². The average Bonchev–Trinajstić information content (AvgIpc) is 3.31. The molecule has 2 fully saturated rings. The Morgan fingerprint density at radius 3 is 2.32 bits per heavy atom. The summed E-state index contributed by atoms with van der Waals surface area (Å²) in [5, 5.41) is 9.31. The largest absolute Gasteiger partial charge is 0.351 e. The molecule has 1 aliphatic heterocycles. The molecule has 2 N–H and O–H groups in total. The third-order valence-electron chi connectivity index (χ3n) is 6.86. The molecule has 1 aromatic heterocycles. The van der Waals surface area contributed by atoms with Crippen molar-refractivity contribution < 1.29 is 23.2 Å². The van der Waals surface area contributed by atoms with Crippen molar-refractivity contribution in [2.24, 2.45) is 12.5 Å². The first-order valence-corrected chi connectivity index (χ1v) is 12.6. The topological polar surface area (TPSA) is 96.3 Å². The molecule has 0 radical (unpaired) electrons. The van der Waals surface area contributed by atoms with Gasteiger partial charge in [0.15, 0.2) is 11.5 Å². The third-order valence-corrected chi connectivity index (χ3v) is 6.86. The number of carbonyl (C=O) groups is 3. The van der Waals surface area contributed by atoms with Gasteiger partial charge in [0.25, 0.3) is 5.91 Å². The molecule has 202 valence electrons. The molecule has 2 unspecified atom stereocenters. The third kappa shape index (κ3) is 7.21. The fraction of sp³-hybridized carbons (Fsp3) is 0.556. The highest BCUT2D eigenvalue weighted by Gasteiger charge is 2.51. The predicted octanol–water partition coefficient (Wildman–Crippen LogP) is 3.15. The first kappa shape index (κ1) is 28.4. The Morgan fingerprint density at radius 2 is 1.86 bits per heavy atom. The molecular formula is C27H37F2N5O3. The van der Waals surface area contributed by atoms with Crippen molar-refractivity contribution in [1.29, 1.82) is 0 Å². The van der Waals surface area contributed by atoms with Gasteiger partial charge in [-0.2, -0.15) is 5.10 Å². The fourth-order valence-electron chi connectivity index (χ4n) is 4.13. The second kappa shape index (κ2) is 11.5. The number of aldehydes is 1. The second-order valence-electron chi connectivity index (χ2n) is 10.9. The van der Waals surface area contributed by atoms with Crippen LogP contribution in [0.3, 0.4) is 0 Å². The molecule has 2 aromatic rings. The van der Waals surface area contributed by atoms with E-state index in [-0.39, 0.29) is 36.0 Å². The Labute approximate surface area is 216 Å². The van der Waals surface area contributed by atoms with Crippen LogP contribution in [0.4, 0.5) is 8.78 Å². The molecule has 0 bridgehead atoms. The summed E-state index contributed by atoms with van der Waals surface area (Å²) in [7, 11) is 3.69. The summed E-state index contributed by atoms with van der Waals surface area (Å²) in [4.78, 5) is 36.2. The highest BCUT2D eigenvalue weighted by atomic mass is 19.1. The van der Waals surface area contributed by atoms with E-state index >= 15 is 0 Å². The number of benzene rings is 1. The Balaban J connectivity index is 0.000000233. The van der Waals surface area contributed by atoms with Gasteiger partial charge in [0.1, 0.15) is 12.0 Å². The number of hydrogen-bond acceptors (Lipinski definition) is 5. The molecule has 1 saturated heterocycles. The first-order valence-electron chi connectivity index (χ1n) is 12.6. The number of carbonyl (C=O) groups excluding carboxylic acids is 3. The maximum Gasteiger partial charge on any atom is 0.258 e. The van der Waals surface area contributed by atoms with Gasteiger partial charge in [-0.1, -0.05) is 45.0 Å². The zero-order valence-corrected chi connectivity index (χ0v) is 22.2. The highest BCUT2D eigenvalue weighted by molar-refractivity contribution is 5.90. The smallest absolute Gasteiger partial charge is 0.258 e. The summed E-state index contributed by atoms with van der Waals surface area (Å²) < 4.78 is 28.5. The minimum Gasteiger partial charge on any atom is -0.351 e. The number of aromatic nitrogens is 2. The number of nitrogens with zero attached hydrogens (tertiary/aromatic N) is 3. The Hall–Kier alpha value is -3.14. The molecule has 2 amide bonds. The monoisotopic (exact) mass is 517 g/mol. The maximum absolute atomic E-state index is 13.7. The van der Waals surface area contributed by atoms with E-state index in [1.165, 1.54) is 10.9 Å². The zero-order valence-electron chi connectivity index (χ0n) is 22.2. The number of likely N-dealkylation sites (tertiary alicyclic amines) is 1. The van der Waals surface area contributed by atoms with Gasteiger partial charge in [-0.25, -0.2) is 8.78 Å². The van der Waals surface area contributed by atoms with Crippen LogP contribution in [0.2, 0.25) is 0 Å². The lowest BCUT2D eigenvalue weighted by Gasteiger charge is -2.27. The maximum atomic E-state index is 13.7. The van der Waals surface area contributed by atoms with E-state index in [2.05, 4.69) is 20.6 Å². The minimum absolute atomic E-state index is 0.0159. The molecule has 37 heavy (non-hydrogen) atoms. The molecule has 1 aliphatic carbocycles. The number of nitrogens with one attached hydrogen (secondary N) is 2. The number of rotatable bonds is 7. The van der Waals surface area contributed by atoms with E-state index in [1.807, 2.05) is 52.1 Å². The SMILES string of the molecule is CC(C)(C)C(C=O)NC(=O)C1(F)CC1.CN1CCCC1C(=O)NCc1ccc(-c2c(F)cnn2C)cc1. The number of aryl methyl sites for hydroxylation is 1. The quantitative estimate of drug-likeness (QED) is 0.550. The van der Waals surface area contributed by atoms with Crippen molar-refractivity contribution >= 4 is 18.1 Å². The lowest BCUT2D eigenvalue weighted by Crippen LogP contribution is -2.48. The van der Waals surface area contributed by atoms with Crippen molar-refractivity contribution in [2.75, 3.05) is 13.6 Å². The van der Waals surface area contributed by atoms with Gasteiger partial charge in [-0.3, -0.25) is 19.2 Å². The summed E-state index contributed by atoms with van der Waals surface area (Å²) in [5.74, 6) is -0.908. The minimum atomic E-state index is -1.70. The highest BCUT2D eigenvalue weighted by Crippen LogP contribution is 2.40. The first-order chi connectivity index (χ1) is 17.4. The van der Waals surface area contributed by atoms with Crippen LogP contribution in [0, 0.1) is 11.2 Å². The summed E-state index contributed by atoms with van der Waals surface area (Å²) in [6, 6.07) is 6.87. The van der Waals surface area contributed by atoms with Crippen LogP contribution < -0.4 is 10.6 Å². The summed E-state index contributed by atoms with van der Waals surface area (Å²) >= 11 is 0. The normalized spacial score (nSPS) is 19.4. The average molecular weight is 518 g/mol. The van der Waals surface area contributed by atoms with Gasteiger partial charge in [-0.05, 0) is 50.3 Å². The van der Waals surface area contributed by atoms with Crippen molar-refractivity contribution in [3.05, 3.63) is 41.8 Å². The van der Waals surface area contributed by atoms with Crippen LogP contribution in [-0.2, 0) is 28.0 Å². The van der Waals surface area contributed by atoms with Gasteiger partial charge >= 0.3 is 0 Å². The van der Waals surface area contributed by atoms with Gasteiger partial charge in [0, 0.05) is 19.2 Å². The molecule has 2 heterocycles. The van der Waals surface area contributed by atoms with Crippen molar-refractivity contribution in [3.8, 4) is 11.3 Å². The van der Waals surface area contributed by atoms with Crippen LogP contribution in [0.1, 0.15) is 52.0 Å². The van der Waals surface area contributed by atoms with Crippen LogP contribution in [0.5, 0.6) is 0 Å². The van der Waals surface area contributed by atoms with Crippen molar-refractivity contribution in [2.45, 2.75) is 70.8 Å². The van der Waals surface area contributed by atoms with E-state index in [1.54, 1.807) is 7.05 Å². The van der Waals surface area contributed by atoms with Gasteiger partial charge in [-0.15, -0.1) is 0 Å². The predicted molar refractivity (Wildman–Crippen MR) is 137 cm³/mol. The van der Waals surface area contributed by atoms with Crippen LogP contribution in [0.15, 0.2) is 30.5 Å². The lowest BCUT2D eigenvalue weighted by atomic mass is 9.87. The Morgan fingerprint density at radius 1 is 1.22 bits per heavy atom. The molecule has 4 rings (SSSR count). The molecule has 2 aliphatic rings. The Kier molecular flexibility index (Phi) is 8.84. The van der Waals surface area contributed by atoms with Gasteiger partial charge < -0.3 is 15.4 Å². The second-order valence-corrected chi connectivity index (χ2v) is 10.9. The van der Waals surface area contributed by atoms with Crippen molar-refractivity contribution in [1.82, 2.24) is 25.3 Å². The van der Waals surface area contributed by atoms with Crippen LogP contribution >= 0.6 is 0 Å². The molecule has 1 aromatic carbocycles. The zero-order chi connectivity index (χ0) is 27.4. The molecule has 1 saturated carbocycles. The summed E-state index contributed by atoms with van der Waals surface area (Å²) in [5.41, 5.74) is 0.154. The number of likely N-dealkylation sites (N-methyl/N-ethyl adjacent to an activating group) is 1. The number of alkyl halides is 1. The fourth-order valence-corrected chi connectivity index (χ4v) is 4.13. The van der Waals surface area contributed by atoms with E-state index in [0.29, 0.717) is 18.5 Å².